The molecule has 0 unspecified atom stereocenters. The zero-order chi connectivity index (χ0) is 20.5. The first-order valence-corrected chi connectivity index (χ1v) is 9.72. The fourth-order valence-corrected chi connectivity index (χ4v) is 4.07. The Balaban J connectivity index is 2.43. The van der Waals surface area contributed by atoms with Crippen LogP contribution in [-0.2, 0) is 13.2 Å². The minimum Gasteiger partial charge on any atom is -0.392 e. The van der Waals surface area contributed by atoms with Crippen LogP contribution in [0.2, 0.25) is 0 Å². The lowest BCUT2D eigenvalue weighted by Gasteiger charge is -2.11. The Morgan fingerprint density at radius 1 is 0.750 bits per heavy atom. The molecular weight excluding hydrogens is 392 g/mol. The van der Waals surface area contributed by atoms with E-state index in [2.05, 4.69) is 0 Å². The Labute approximate surface area is 171 Å². The van der Waals surface area contributed by atoms with Crippen molar-refractivity contribution < 1.29 is 10.2 Å². The molecule has 0 saturated heterocycles. The van der Waals surface area contributed by atoms with Gasteiger partial charge in [-0.3, -0.25) is 0 Å². The van der Waals surface area contributed by atoms with Gasteiger partial charge in [-0.2, -0.15) is 10.5 Å². The quantitative estimate of drug-likeness (QED) is 0.310. The second kappa shape index (κ2) is 10.5. The fraction of sp³-hybridized carbons (Fsp3) is 0.100. The van der Waals surface area contributed by atoms with Crippen LogP contribution in [0.25, 0.3) is 0 Å². The number of aliphatic hydroxyl groups excluding tert-OH is 2. The first-order valence-electron chi connectivity index (χ1n) is 8.09. The summed E-state index contributed by atoms with van der Waals surface area (Å²) in [7, 11) is 0. The molecule has 2 aromatic rings. The Bertz CT molecular complexity index is 922. The summed E-state index contributed by atoms with van der Waals surface area (Å²) in [6, 6.07) is 18.1. The molecule has 6 nitrogen and oxygen atoms in total. The van der Waals surface area contributed by atoms with Crippen LogP contribution in [0, 0.1) is 22.7 Å². The van der Waals surface area contributed by atoms with Gasteiger partial charge >= 0.3 is 0 Å². The van der Waals surface area contributed by atoms with Gasteiger partial charge < -0.3 is 21.7 Å². The Morgan fingerprint density at radius 3 is 1.43 bits per heavy atom. The number of aliphatic hydroxyl groups is 2. The van der Waals surface area contributed by atoms with Crippen molar-refractivity contribution in [3.8, 4) is 12.1 Å². The summed E-state index contributed by atoms with van der Waals surface area (Å²) in [6.07, 6.45) is 0. The van der Waals surface area contributed by atoms with Gasteiger partial charge in [-0.05, 0) is 23.3 Å². The van der Waals surface area contributed by atoms with E-state index < -0.39 is 0 Å². The van der Waals surface area contributed by atoms with Crippen LogP contribution in [0.15, 0.2) is 79.5 Å². The minimum atomic E-state index is -0.171. The van der Waals surface area contributed by atoms with Crippen molar-refractivity contribution in [1.29, 1.82) is 10.5 Å². The molecule has 0 aliphatic heterocycles. The van der Waals surface area contributed by atoms with E-state index in [1.807, 2.05) is 12.1 Å². The molecule has 2 aromatic carbocycles. The highest BCUT2D eigenvalue weighted by Gasteiger charge is 2.17. The lowest BCUT2D eigenvalue weighted by molar-refractivity contribution is 0.278. The summed E-state index contributed by atoms with van der Waals surface area (Å²) in [5.74, 6) is 0. The van der Waals surface area contributed by atoms with Crippen molar-refractivity contribution in [2.45, 2.75) is 23.0 Å². The number of hydrogen-bond donors (Lipinski definition) is 4. The third kappa shape index (κ3) is 5.10. The highest BCUT2D eigenvalue weighted by Crippen LogP contribution is 2.34. The van der Waals surface area contributed by atoms with Crippen molar-refractivity contribution in [3.63, 3.8) is 0 Å². The Kier molecular flexibility index (Phi) is 8.00. The van der Waals surface area contributed by atoms with Gasteiger partial charge in [0.2, 0.25) is 0 Å². The van der Waals surface area contributed by atoms with Gasteiger partial charge in [-0.15, -0.1) is 0 Å². The van der Waals surface area contributed by atoms with Crippen LogP contribution >= 0.6 is 23.5 Å². The van der Waals surface area contributed by atoms with Crippen LogP contribution in [0.1, 0.15) is 11.1 Å². The first kappa shape index (κ1) is 21.4. The highest BCUT2D eigenvalue weighted by molar-refractivity contribution is 8.03. The zero-order valence-corrected chi connectivity index (χ0v) is 16.4. The summed E-state index contributed by atoms with van der Waals surface area (Å²) in [4.78, 5) is 1.37. The maximum atomic E-state index is 9.58. The molecule has 2 rings (SSSR count). The molecule has 0 atom stereocenters. The van der Waals surface area contributed by atoms with Crippen molar-refractivity contribution >= 4 is 23.5 Å². The third-order valence-electron chi connectivity index (χ3n) is 3.69. The number of benzene rings is 2. The summed E-state index contributed by atoms with van der Waals surface area (Å²) >= 11 is 2.17. The van der Waals surface area contributed by atoms with Crippen molar-refractivity contribution in [2.24, 2.45) is 11.5 Å². The normalized spacial score (nSPS) is 12.4. The van der Waals surface area contributed by atoms with E-state index in [0.717, 1.165) is 23.5 Å². The Morgan fingerprint density at radius 2 is 1.11 bits per heavy atom. The molecule has 0 saturated carbocycles. The van der Waals surface area contributed by atoms with Gasteiger partial charge in [-0.1, -0.05) is 59.9 Å². The van der Waals surface area contributed by atoms with E-state index in [-0.39, 0.29) is 34.4 Å². The van der Waals surface area contributed by atoms with Gasteiger partial charge in [0.25, 0.3) is 0 Å². The minimum absolute atomic E-state index is 0.0354. The van der Waals surface area contributed by atoms with Crippen LogP contribution in [-0.4, -0.2) is 10.2 Å². The maximum absolute atomic E-state index is 9.58. The van der Waals surface area contributed by atoms with Gasteiger partial charge in [0, 0.05) is 9.79 Å². The molecule has 0 aromatic heterocycles. The molecule has 0 amide bonds. The standard InChI is InChI=1S/C20H18N4O2S2/c21-9-15(19(23)27-17-7-3-1-5-13(17)11-25)16(10-22)20(24)28-18-8-4-2-6-14(18)12-26/h1-8,25-26H,11-12,23-24H2/b19-15+,20-16+. The predicted molar refractivity (Wildman–Crippen MR) is 110 cm³/mol. The molecule has 0 aliphatic carbocycles. The van der Waals surface area contributed by atoms with Crippen molar-refractivity contribution in [2.75, 3.05) is 0 Å². The number of allylic oxidation sites excluding steroid dienone is 2. The fourth-order valence-electron chi connectivity index (χ4n) is 2.28. The van der Waals surface area contributed by atoms with Crippen LogP contribution < -0.4 is 11.5 Å². The van der Waals surface area contributed by atoms with Crippen LogP contribution in [0.3, 0.4) is 0 Å². The lowest BCUT2D eigenvalue weighted by Crippen LogP contribution is -2.06. The van der Waals surface area contributed by atoms with Crippen molar-refractivity contribution in [3.05, 3.63) is 80.9 Å². The Hall–Kier alpha value is -2.88. The van der Waals surface area contributed by atoms with E-state index in [0.29, 0.717) is 20.9 Å². The summed E-state index contributed by atoms with van der Waals surface area (Å²) in [6.45, 7) is -0.343. The number of nitriles is 2. The van der Waals surface area contributed by atoms with E-state index in [1.54, 1.807) is 48.5 Å². The second-order valence-electron chi connectivity index (χ2n) is 5.44. The smallest absolute Gasteiger partial charge is 0.103 e. The average molecular weight is 411 g/mol. The SMILES string of the molecule is N#CC(=C(/N)Sc1ccccc1CO)/C(C#N)=C(\N)Sc1ccccc1CO. The largest absolute Gasteiger partial charge is 0.392 e. The van der Waals surface area contributed by atoms with Gasteiger partial charge in [0.05, 0.1) is 23.3 Å². The number of nitrogens with two attached hydrogens (primary N) is 2. The van der Waals surface area contributed by atoms with E-state index >= 15 is 0 Å². The van der Waals surface area contributed by atoms with Gasteiger partial charge in [0.1, 0.15) is 23.3 Å². The number of thioether (sulfide) groups is 2. The van der Waals surface area contributed by atoms with Crippen LogP contribution in [0.4, 0.5) is 0 Å². The third-order valence-corrected chi connectivity index (χ3v) is 5.78. The molecule has 28 heavy (non-hydrogen) atoms. The summed E-state index contributed by atoms with van der Waals surface area (Å²) in [5.41, 5.74) is 13.4. The molecule has 8 heteroatoms. The molecule has 0 aliphatic rings. The van der Waals surface area contributed by atoms with E-state index in [1.165, 1.54) is 0 Å². The van der Waals surface area contributed by atoms with E-state index in [4.69, 9.17) is 11.5 Å². The topological polar surface area (TPSA) is 140 Å². The molecule has 0 bridgehead atoms. The summed E-state index contributed by atoms with van der Waals surface area (Å²) < 4.78 is 0. The maximum Gasteiger partial charge on any atom is 0.103 e. The molecule has 0 heterocycles. The first-order chi connectivity index (χ1) is 13.5. The molecule has 0 spiro atoms. The monoisotopic (exact) mass is 410 g/mol. The van der Waals surface area contributed by atoms with Gasteiger partial charge in [0.15, 0.2) is 0 Å². The van der Waals surface area contributed by atoms with Crippen molar-refractivity contribution in [1.82, 2.24) is 0 Å². The molecule has 0 radical (unpaired) electrons. The van der Waals surface area contributed by atoms with E-state index in [9.17, 15) is 20.7 Å². The predicted octanol–water partition coefficient (Wildman–Crippen LogP) is 2.94. The van der Waals surface area contributed by atoms with Crippen LogP contribution in [0.5, 0.6) is 0 Å². The highest BCUT2D eigenvalue weighted by atomic mass is 32.2. The number of hydrogen-bond acceptors (Lipinski definition) is 8. The average Bonchev–Trinajstić information content (AvgIpc) is 2.72. The zero-order valence-electron chi connectivity index (χ0n) is 14.8. The van der Waals surface area contributed by atoms with Gasteiger partial charge in [-0.25, -0.2) is 0 Å². The molecule has 142 valence electrons. The molecule has 6 N–H and O–H groups in total. The lowest BCUT2D eigenvalue weighted by atomic mass is 10.1. The number of nitrogens with zero attached hydrogens (tertiary/aromatic N) is 2. The molecular formula is C20H18N4O2S2. The summed E-state index contributed by atoms with van der Waals surface area (Å²) in [5, 5.41) is 38.3. The molecule has 0 fully saturated rings. The second-order valence-corrected chi connectivity index (χ2v) is 7.61. The number of rotatable bonds is 7.